The molecule has 21 heavy (non-hydrogen) atoms. The average Bonchev–Trinajstić information content (AvgIpc) is 2.43. The second-order valence-corrected chi connectivity index (χ2v) is 6.07. The van der Waals surface area contributed by atoms with E-state index in [0.29, 0.717) is 23.6 Å². The van der Waals surface area contributed by atoms with Crippen LogP contribution in [0.1, 0.15) is 31.0 Å². The van der Waals surface area contributed by atoms with Gasteiger partial charge >= 0.3 is 5.97 Å². The first kappa shape index (κ1) is 15.8. The molecule has 1 aromatic rings. The summed E-state index contributed by atoms with van der Waals surface area (Å²) in [7, 11) is 0. The van der Waals surface area contributed by atoms with Crippen LogP contribution < -0.4 is 5.73 Å². The lowest BCUT2D eigenvalue weighted by Crippen LogP contribution is -2.51. The van der Waals surface area contributed by atoms with Crippen LogP contribution in [-0.2, 0) is 16.0 Å². The van der Waals surface area contributed by atoms with Gasteiger partial charge in [0, 0.05) is 11.6 Å². The molecule has 2 rings (SSSR count). The van der Waals surface area contributed by atoms with Crippen molar-refractivity contribution >= 4 is 23.5 Å². The zero-order valence-electron chi connectivity index (χ0n) is 12.0. The molecular formula is C15H19ClN2O3. The van der Waals surface area contributed by atoms with Crippen molar-refractivity contribution in [1.82, 2.24) is 4.90 Å². The Balaban J connectivity index is 2.39. The highest BCUT2D eigenvalue weighted by Gasteiger charge is 2.38. The number of amides is 1. The largest absolute Gasteiger partial charge is 0.479 e. The number of carbonyl (C=O) groups excluding carboxylic acids is 1. The molecule has 5 nitrogen and oxygen atoms in total. The summed E-state index contributed by atoms with van der Waals surface area (Å²) in [5.74, 6) is -1.42. The smallest absolute Gasteiger partial charge is 0.331 e. The molecule has 0 fully saturated rings. The van der Waals surface area contributed by atoms with Crippen molar-refractivity contribution in [2.75, 3.05) is 6.54 Å². The molecule has 1 aliphatic rings. The van der Waals surface area contributed by atoms with Crippen LogP contribution in [0.15, 0.2) is 18.2 Å². The van der Waals surface area contributed by atoms with Gasteiger partial charge in [0.1, 0.15) is 0 Å². The summed E-state index contributed by atoms with van der Waals surface area (Å²) in [6, 6.07) is 3.39. The number of carboxylic acid groups (broad SMARTS) is 1. The highest BCUT2D eigenvalue weighted by Crippen LogP contribution is 2.32. The van der Waals surface area contributed by atoms with Gasteiger partial charge in [-0.3, -0.25) is 4.79 Å². The lowest BCUT2D eigenvalue weighted by molar-refractivity contribution is -0.152. The maximum absolute atomic E-state index is 12.4. The number of hydrogen-bond donors (Lipinski definition) is 2. The number of rotatable bonds is 3. The Hall–Kier alpha value is -1.59. The zero-order chi connectivity index (χ0) is 15.7. The van der Waals surface area contributed by atoms with E-state index in [2.05, 4.69) is 0 Å². The van der Waals surface area contributed by atoms with Gasteiger partial charge in [0.05, 0.1) is 6.04 Å². The molecule has 0 bridgehead atoms. The van der Waals surface area contributed by atoms with Crippen molar-refractivity contribution < 1.29 is 14.7 Å². The number of carbonyl (C=O) groups is 2. The van der Waals surface area contributed by atoms with Crippen LogP contribution in [0, 0.1) is 5.92 Å². The van der Waals surface area contributed by atoms with E-state index in [1.807, 2.05) is 13.8 Å². The molecule has 2 atom stereocenters. The number of aliphatic carboxylic acids is 1. The fourth-order valence-corrected chi connectivity index (χ4v) is 2.77. The van der Waals surface area contributed by atoms with Crippen LogP contribution in [0.2, 0.25) is 5.02 Å². The molecule has 0 aliphatic carbocycles. The number of halogens is 1. The van der Waals surface area contributed by atoms with E-state index in [1.165, 1.54) is 4.90 Å². The second-order valence-electron chi connectivity index (χ2n) is 5.64. The normalized spacial score (nSPS) is 19.3. The van der Waals surface area contributed by atoms with Gasteiger partial charge in [0.2, 0.25) is 5.91 Å². The molecule has 0 aromatic heterocycles. The van der Waals surface area contributed by atoms with Crippen LogP contribution in [0.4, 0.5) is 0 Å². The minimum atomic E-state index is -1.05. The number of nitrogens with zero attached hydrogens (tertiary/aromatic N) is 1. The van der Waals surface area contributed by atoms with Crippen molar-refractivity contribution in [1.29, 1.82) is 0 Å². The summed E-state index contributed by atoms with van der Waals surface area (Å²) in [5, 5.41) is 10.1. The van der Waals surface area contributed by atoms with E-state index in [9.17, 15) is 14.7 Å². The van der Waals surface area contributed by atoms with Gasteiger partial charge in [-0.25, -0.2) is 4.79 Å². The summed E-state index contributed by atoms with van der Waals surface area (Å²) in [4.78, 5) is 25.4. The van der Waals surface area contributed by atoms with Gasteiger partial charge in [0.15, 0.2) is 6.04 Å². The second kappa shape index (κ2) is 6.03. The number of hydrogen-bond acceptors (Lipinski definition) is 3. The SMILES string of the molecule is CC(C)[C@H](N)C(=O)N1CCc2cc(Cl)ccc2C1C(=O)O. The van der Waals surface area contributed by atoms with Gasteiger partial charge in [-0.15, -0.1) is 0 Å². The van der Waals surface area contributed by atoms with Gasteiger partial charge in [-0.05, 0) is 35.6 Å². The summed E-state index contributed by atoms with van der Waals surface area (Å²) in [6.45, 7) is 4.02. The van der Waals surface area contributed by atoms with Gasteiger partial charge in [-0.2, -0.15) is 0 Å². The maximum atomic E-state index is 12.4. The monoisotopic (exact) mass is 310 g/mol. The summed E-state index contributed by atoms with van der Waals surface area (Å²) in [6.07, 6.45) is 0.580. The molecule has 1 heterocycles. The van der Waals surface area contributed by atoms with Crippen LogP contribution in [0.5, 0.6) is 0 Å². The highest BCUT2D eigenvalue weighted by molar-refractivity contribution is 6.30. The minimum absolute atomic E-state index is 0.0430. The summed E-state index contributed by atoms with van der Waals surface area (Å²) in [5.41, 5.74) is 7.38. The van der Waals surface area contributed by atoms with E-state index in [4.69, 9.17) is 17.3 Å². The van der Waals surface area contributed by atoms with Crippen LogP contribution in [-0.4, -0.2) is 34.5 Å². The molecular weight excluding hydrogens is 292 g/mol. The van der Waals surface area contributed by atoms with Gasteiger partial charge in [-0.1, -0.05) is 31.5 Å². The zero-order valence-corrected chi connectivity index (χ0v) is 12.8. The third kappa shape index (κ3) is 3.04. The van der Waals surface area contributed by atoms with Crippen LogP contribution >= 0.6 is 11.6 Å². The number of nitrogens with two attached hydrogens (primary N) is 1. The number of fused-ring (bicyclic) bond motifs is 1. The fourth-order valence-electron chi connectivity index (χ4n) is 2.58. The third-order valence-corrected chi connectivity index (χ3v) is 4.09. The first-order chi connectivity index (χ1) is 9.82. The van der Waals surface area contributed by atoms with E-state index < -0.39 is 18.1 Å². The summed E-state index contributed by atoms with van der Waals surface area (Å²) < 4.78 is 0. The van der Waals surface area contributed by atoms with Crippen molar-refractivity contribution in [3.8, 4) is 0 Å². The van der Waals surface area contributed by atoms with Gasteiger partial charge < -0.3 is 15.7 Å². The van der Waals surface area contributed by atoms with Crippen LogP contribution in [0.3, 0.4) is 0 Å². The quantitative estimate of drug-likeness (QED) is 0.892. The first-order valence-electron chi connectivity index (χ1n) is 6.90. The topological polar surface area (TPSA) is 83.6 Å². The Morgan fingerprint density at radius 2 is 2.10 bits per heavy atom. The van der Waals surface area contributed by atoms with Gasteiger partial charge in [0.25, 0.3) is 0 Å². The van der Waals surface area contributed by atoms with Crippen LogP contribution in [0.25, 0.3) is 0 Å². The Labute approximate surface area is 128 Å². The third-order valence-electron chi connectivity index (χ3n) is 3.85. The molecule has 0 saturated carbocycles. The number of carboxylic acids is 1. The first-order valence-corrected chi connectivity index (χ1v) is 7.28. The van der Waals surface area contributed by atoms with E-state index >= 15 is 0 Å². The van der Waals surface area contributed by atoms with Crippen molar-refractivity contribution in [3.05, 3.63) is 34.3 Å². The average molecular weight is 311 g/mol. The molecule has 1 aliphatic heterocycles. The van der Waals surface area contributed by atoms with Crippen molar-refractivity contribution in [2.45, 2.75) is 32.4 Å². The minimum Gasteiger partial charge on any atom is -0.479 e. The van der Waals surface area contributed by atoms with Crippen molar-refractivity contribution in [3.63, 3.8) is 0 Å². The van der Waals surface area contributed by atoms with E-state index in [1.54, 1.807) is 18.2 Å². The molecule has 0 radical (unpaired) electrons. The summed E-state index contributed by atoms with van der Waals surface area (Å²) >= 11 is 5.95. The Morgan fingerprint density at radius 3 is 2.67 bits per heavy atom. The molecule has 114 valence electrons. The standard InChI is InChI=1S/C15H19ClN2O3/c1-8(2)12(17)14(19)18-6-5-9-7-10(16)3-4-11(9)13(18)15(20)21/h3-4,7-8,12-13H,5-6,17H2,1-2H3,(H,20,21)/t12-,13?/m0/s1. The molecule has 0 saturated heterocycles. The van der Waals surface area contributed by atoms with E-state index in [-0.39, 0.29) is 11.8 Å². The molecule has 1 unspecified atom stereocenters. The predicted octanol–water partition coefficient (Wildman–Crippen LogP) is 1.83. The molecule has 1 aromatic carbocycles. The Bertz CT molecular complexity index is 574. The Morgan fingerprint density at radius 1 is 1.43 bits per heavy atom. The molecule has 6 heteroatoms. The van der Waals surface area contributed by atoms with E-state index in [0.717, 1.165) is 5.56 Å². The predicted molar refractivity (Wildman–Crippen MR) is 80.1 cm³/mol. The lowest BCUT2D eigenvalue weighted by atomic mass is 9.91. The van der Waals surface area contributed by atoms with Crippen molar-refractivity contribution in [2.24, 2.45) is 11.7 Å². The maximum Gasteiger partial charge on any atom is 0.331 e. The number of benzene rings is 1. The molecule has 1 amide bonds. The molecule has 0 spiro atoms. The highest BCUT2D eigenvalue weighted by atomic mass is 35.5. The molecule has 3 N–H and O–H groups in total. The fraction of sp³-hybridized carbons (Fsp3) is 0.467. The lowest BCUT2D eigenvalue weighted by Gasteiger charge is -2.36. The Kier molecular flexibility index (Phi) is 4.54.